The molecular formula is C18H24N2O3. The second kappa shape index (κ2) is 6.60. The van der Waals surface area contributed by atoms with Crippen LogP contribution in [0.3, 0.4) is 0 Å². The molecule has 2 N–H and O–H groups in total. The van der Waals surface area contributed by atoms with Crippen LogP contribution in [0.5, 0.6) is 0 Å². The molecule has 1 aromatic carbocycles. The smallest absolute Gasteiger partial charge is 0.317 e. The van der Waals surface area contributed by atoms with Gasteiger partial charge in [0.05, 0.1) is 12.0 Å². The van der Waals surface area contributed by atoms with Crippen molar-refractivity contribution in [2.45, 2.75) is 44.6 Å². The van der Waals surface area contributed by atoms with Crippen LogP contribution in [0, 0.1) is 5.92 Å². The summed E-state index contributed by atoms with van der Waals surface area (Å²) in [4.78, 5) is 25.1. The van der Waals surface area contributed by atoms with Crippen LogP contribution in [0.2, 0.25) is 0 Å². The number of amides is 2. The monoisotopic (exact) mass is 316 g/mol. The number of nitrogens with zero attached hydrogens (tertiary/aromatic N) is 1. The van der Waals surface area contributed by atoms with Gasteiger partial charge in [0, 0.05) is 13.1 Å². The summed E-state index contributed by atoms with van der Waals surface area (Å²) < 4.78 is 0. The highest BCUT2D eigenvalue weighted by Crippen LogP contribution is 2.40. The fourth-order valence-electron chi connectivity index (χ4n) is 3.22. The van der Waals surface area contributed by atoms with Crippen molar-refractivity contribution in [3.8, 4) is 0 Å². The van der Waals surface area contributed by atoms with E-state index >= 15 is 0 Å². The highest BCUT2D eigenvalue weighted by atomic mass is 16.4. The van der Waals surface area contributed by atoms with Crippen LogP contribution in [0.4, 0.5) is 4.79 Å². The topological polar surface area (TPSA) is 69.6 Å². The number of piperidine rings is 1. The van der Waals surface area contributed by atoms with Gasteiger partial charge in [-0.3, -0.25) is 4.79 Å². The molecule has 1 aliphatic heterocycles. The van der Waals surface area contributed by atoms with Crippen molar-refractivity contribution in [2.24, 2.45) is 5.92 Å². The van der Waals surface area contributed by atoms with Crippen molar-refractivity contribution in [2.75, 3.05) is 13.1 Å². The minimum absolute atomic E-state index is 0.0774. The number of rotatable bonds is 4. The normalized spacial score (nSPS) is 22.5. The molecule has 5 heteroatoms. The average Bonchev–Trinajstić information content (AvgIpc) is 3.40. The molecule has 3 rings (SSSR count). The number of benzene rings is 1. The molecule has 1 heterocycles. The number of likely N-dealkylation sites (tertiary alicyclic amines) is 1. The first-order chi connectivity index (χ1) is 11.0. The van der Waals surface area contributed by atoms with Gasteiger partial charge in [-0.2, -0.15) is 0 Å². The third kappa shape index (κ3) is 3.84. The molecule has 2 fully saturated rings. The van der Waals surface area contributed by atoms with E-state index in [0.717, 1.165) is 12.0 Å². The Hall–Kier alpha value is -2.04. The van der Waals surface area contributed by atoms with Gasteiger partial charge >= 0.3 is 12.0 Å². The number of carboxylic acid groups (broad SMARTS) is 1. The van der Waals surface area contributed by atoms with Crippen LogP contribution in [0.1, 0.15) is 55.7 Å². The lowest BCUT2D eigenvalue weighted by Crippen LogP contribution is -2.47. The van der Waals surface area contributed by atoms with E-state index < -0.39 is 11.9 Å². The Morgan fingerprint density at radius 2 is 2.09 bits per heavy atom. The number of carboxylic acids is 1. The predicted octanol–water partition coefficient (Wildman–Crippen LogP) is 3.13. The van der Waals surface area contributed by atoms with E-state index in [-0.39, 0.29) is 12.1 Å². The first kappa shape index (κ1) is 15.8. The lowest BCUT2D eigenvalue weighted by Gasteiger charge is -2.31. The van der Waals surface area contributed by atoms with Gasteiger partial charge in [-0.05, 0) is 49.7 Å². The molecule has 1 saturated carbocycles. The Bertz CT molecular complexity index is 598. The van der Waals surface area contributed by atoms with Gasteiger partial charge in [-0.15, -0.1) is 0 Å². The van der Waals surface area contributed by atoms with Crippen molar-refractivity contribution in [1.82, 2.24) is 10.2 Å². The Balaban J connectivity index is 1.60. The van der Waals surface area contributed by atoms with E-state index in [9.17, 15) is 9.59 Å². The molecule has 2 unspecified atom stereocenters. The molecule has 2 atom stereocenters. The van der Waals surface area contributed by atoms with E-state index in [1.54, 1.807) is 4.90 Å². The fourth-order valence-corrected chi connectivity index (χ4v) is 3.22. The molecule has 2 aliphatic rings. The summed E-state index contributed by atoms with van der Waals surface area (Å²) in [6.07, 6.45) is 3.91. The summed E-state index contributed by atoms with van der Waals surface area (Å²) in [5.41, 5.74) is 2.46. The Labute approximate surface area is 136 Å². The van der Waals surface area contributed by atoms with Crippen LogP contribution in [0.25, 0.3) is 0 Å². The minimum atomic E-state index is -0.812. The molecule has 124 valence electrons. The quantitative estimate of drug-likeness (QED) is 0.896. The second-order valence-electron chi connectivity index (χ2n) is 6.74. The SMILES string of the molecule is CC(NC(=O)N1CCCC(C(=O)O)C1)c1cccc(C2CC2)c1. The first-order valence-electron chi connectivity index (χ1n) is 8.42. The average molecular weight is 316 g/mol. The zero-order valence-electron chi connectivity index (χ0n) is 13.5. The number of carbonyl (C=O) groups excluding carboxylic acids is 1. The molecule has 0 spiro atoms. The van der Waals surface area contributed by atoms with E-state index in [2.05, 4.69) is 17.4 Å². The summed E-state index contributed by atoms with van der Waals surface area (Å²) in [6, 6.07) is 8.17. The number of urea groups is 1. The molecule has 1 aliphatic carbocycles. The number of hydrogen-bond donors (Lipinski definition) is 2. The van der Waals surface area contributed by atoms with Crippen LogP contribution >= 0.6 is 0 Å². The van der Waals surface area contributed by atoms with Crippen molar-refractivity contribution in [3.05, 3.63) is 35.4 Å². The minimum Gasteiger partial charge on any atom is -0.481 e. The number of hydrogen-bond acceptors (Lipinski definition) is 2. The van der Waals surface area contributed by atoms with Crippen LogP contribution in [-0.4, -0.2) is 35.1 Å². The summed E-state index contributed by atoms with van der Waals surface area (Å²) >= 11 is 0. The Kier molecular flexibility index (Phi) is 4.55. The summed E-state index contributed by atoms with van der Waals surface area (Å²) in [5, 5.41) is 12.1. The maximum atomic E-state index is 12.4. The van der Waals surface area contributed by atoms with Gasteiger partial charge in [0.15, 0.2) is 0 Å². The van der Waals surface area contributed by atoms with Crippen LogP contribution in [-0.2, 0) is 4.79 Å². The Morgan fingerprint density at radius 1 is 1.30 bits per heavy atom. The third-order valence-electron chi connectivity index (χ3n) is 4.86. The van der Waals surface area contributed by atoms with E-state index in [4.69, 9.17) is 5.11 Å². The molecule has 23 heavy (non-hydrogen) atoms. The van der Waals surface area contributed by atoms with Gasteiger partial charge in [-0.25, -0.2) is 4.79 Å². The molecule has 0 bridgehead atoms. The molecule has 0 radical (unpaired) electrons. The largest absolute Gasteiger partial charge is 0.481 e. The van der Waals surface area contributed by atoms with Crippen molar-refractivity contribution < 1.29 is 14.7 Å². The van der Waals surface area contributed by atoms with Gasteiger partial charge in [0.1, 0.15) is 0 Å². The number of carbonyl (C=O) groups is 2. The lowest BCUT2D eigenvalue weighted by atomic mass is 9.98. The maximum absolute atomic E-state index is 12.4. The summed E-state index contributed by atoms with van der Waals surface area (Å²) in [5.74, 6) is -0.563. The van der Waals surface area contributed by atoms with E-state index in [1.165, 1.54) is 18.4 Å². The Morgan fingerprint density at radius 3 is 2.78 bits per heavy atom. The van der Waals surface area contributed by atoms with Crippen molar-refractivity contribution >= 4 is 12.0 Å². The van der Waals surface area contributed by atoms with Gasteiger partial charge in [-0.1, -0.05) is 24.3 Å². The second-order valence-corrected chi connectivity index (χ2v) is 6.74. The summed E-state index contributed by atoms with van der Waals surface area (Å²) in [6.45, 7) is 2.91. The van der Waals surface area contributed by atoms with Crippen molar-refractivity contribution in [3.63, 3.8) is 0 Å². The lowest BCUT2D eigenvalue weighted by molar-refractivity contribution is -0.143. The number of nitrogens with one attached hydrogen (secondary N) is 1. The third-order valence-corrected chi connectivity index (χ3v) is 4.86. The predicted molar refractivity (Wildman–Crippen MR) is 87.3 cm³/mol. The van der Waals surface area contributed by atoms with Gasteiger partial charge < -0.3 is 15.3 Å². The molecule has 0 aromatic heterocycles. The molecular weight excluding hydrogens is 292 g/mol. The zero-order chi connectivity index (χ0) is 16.4. The molecule has 2 amide bonds. The molecule has 5 nitrogen and oxygen atoms in total. The molecule has 1 saturated heterocycles. The van der Waals surface area contributed by atoms with Crippen LogP contribution < -0.4 is 5.32 Å². The highest BCUT2D eigenvalue weighted by Gasteiger charge is 2.29. The van der Waals surface area contributed by atoms with E-state index in [0.29, 0.717) is 25.4 Å². The summed E-state index contributed by atoms with van der Waals surface area (Å²) in [7, 11) is 0. The molecule has 1 aromatic rings. The van der Waals surface area contributed by atoms with Gasteiger partial charge in [0.2, 0.25) is 0 Å². The maximum Gasteiger partial charge on any atom is 0.317 e. The fraction of sp³-hybridized carbons (Fsp3) is 0.556. The van der Waals surface area contributed by atoms with Gasteiger partial charge in [0.25, 0.3) is 0 Å². The van der Waals surface area contributed by atoms with E-state index in [1.807, 2.05) is 19.1 Å². The zero-order valence-corrected chi connectivity index (χ0v) is 13.5. The first-order valence-corrected chi connectivity index (χ1v) is 8.42. The van der Waals surface area contributed by atoms with Crippen LogP contribution in [0.15, 0.2) is 24.3 Å². The standard InChI is InChI=1S/C18H24N2O3/c1-12(14-4-2-5-15(10-14)13-7-8-13)19-18(23)20-9-3-6-16(11-20)17(21)22/h2,4-5,10,12-13,16H,3,6-9,11H2,1H3,(H,19,23)(H,21,22). The number of aliphatic carboxylic acids is 1. The highest BCUT2D eigenvalue weighted by molar-refractivity contribution is 5.77. The van der Waals surface area contributed by atoms with Crippen molar-refractivity contribution in [1.29, 1.82) is 0 Å².